The van der Waals surface area contributed by atoms with Gasteiger partial charge in [0.05, 0.1) is 22.2 Å². The Labute approximate surface area is 203 Å². The Morgan fingerprint density at radius 3 is 2.56 bits per heavy atom. The van der Waals surface area contributed by atoms with Crippen molar-refractivity contribution in [2.24, 2.45) is 0 Å². The second-order valence-corrected chi connectivity index (χ2v) is 9.14. The largest absolute Gasteiger partial charge is 0.490 e. The Morgan fingerprint density at radius 1 is 1.19 bits per heavy atom. The van der Waals surface area contributed by atoms with Crippen LogP contribution in [0, 0.1) is 3.57 Å². The van der Waals surface area contributed by atoms with Gasteiger partial charge in [-0.2, -0.15) is 0 Å². The average Bonchev–Trinajstić information content (AvgIpc) is 3.38. The number of likely N-dealkylation sites (tertiary alicyclic amines) is 1. The summed E-state index contributed by atoms with van der Waals surface area (Å²) < 4.78 is 16.4. The lowest BCUT2D eigenvalue weighted by Crippen LogP contribution is -2.40. The highest BCUT2D eigenvalue weighted by Gasteiger charge is 2.37. The molecule has 1 aromatic rings. The van der Waals surface area contributed by atoms with Gasteiger partial charge in [0.1, 0.15) is 6.54 Å². The molecule has 0 unspecified atom stereocenters. The highest BCUT2D eigenvalue weighted by Crippen LogP contribution is 2.37. The van der Waals surface area contributed by atoms with E-state index < -0.39 is 17.1 Å². The summed E-state index contributed by atoms with van der Waals surface area (Å²) in [6, 6.07) is 3.42. The van der Waals surface area contributed by atoms with E-state index in [0.717, 1.165) is 29.5 Å². The average molecular weight is 574 g/mol. The van der Waals surface area contributed by atoms with Crippen molar-refractivity contribution in [3.63, 3.8) is 0 Å². The normalized spacial score (nSPS) is 17.3. The zero-order chi connectivity index (χ0) is 23.3. The molecule has 2 saturated heterocycles. The number of nitrogens with zero attached hydrogens (tertiary/aromatic N) is 2. The van der Waals surface area contributed by atoms with Crippen molar-refractivity contribution in [3.05, 3.63) is 26.2 Å². The first-order valence-electron chi connectivity index (χ1n) is 10.0. The molecule has 3 rings (SSSR count). The van der Waals surface area contributed by atoms with E-state index in [1.807, 2.05) is 29.5 Å². The number of methoxy groups -OCH3 is 1. The molecule has 2 fully saturated rings. The molecule has 32 heavy (non-hydrogen) atoms. The molecule has 0 saturated carbocycles. The SMILES string of the molecule is CCOc1cc(/C=C2\SC(=O)N(CC(=O)N3CCCC3)C2=O)cc(I)c1OCC(=O)OC. The fourth-order valence-electron chi connectivity index (χ4n) is 3.25. The van der Waals surface area contributed by atoms with Crippen molar-refractivity contribution in [2.45, 2.75) is 19.8 Å². The predicted octanol–water partition coefficient (Wildman–Crippen LogP) is 2.90. The molecule has 9 nitrogen and oxygen atoms in total. The molecule has 2 aliphatic heterocycles. The van der Waals surface area contributed by atoms with Gasteiger partial charge < -0.3 is 19.1 Å². The van der Waals surface area contributed by atoms with Gasteiger partial charge in [-0.1, -0.05) is 0 Å². The number of rotatable bonds is 8. The maximum atomic E-state index is 12.8. The number of carbonyl (C=O) groups is 4. The third-order valence-corrected chi connectivity index (χ3v) is 6.53. The van der Waals surface area contributed by atoms with Crippen LogP contribution in [0.5, 0.6) is 11.5 Å². The van der Waals surface area contributed by atoms with Gasteiger partial charge in [-0.25, -0.2) is 4.79 Å². The number of esters is 1. The quantitative estimate of drug-likeness (QED) is 0.266. The summed E-state index contributed by atoms with van der Waals surface area (Å²) in [5, 5.41) is -0.466. The summed E-state index contributed by atoms with van der Waals surface area (Å²) in [4.78, 5) is 51.8. The van der Waals surface area contributed by atoms with E-state index in [1.54, 1.807) is 23.1 Å². The third-order valence-electron chi connectivity index (χ3n) is 4.82. The minimum Gasteiger partial charge on any atom is -0.490 e. The van der Waals surface area contributed by atoms with E-state index in [0.29, 0.717) is 40.3 Å². The van der Waals surface area contributed by atoms with Crippen molar-refractivity contribution in [2.75, 3.05) is 40.0 Å². The number of amides is 3. The molecule has 11 heteroatoms. The van der Waals surface area contributed by atoms with Gasteiger partial charge in [0.25, 0.3) is 11.1 Å². The van der Waals surface area contributed by atoms with Crippen LogP contribution >= 0.6 is 34.4 Å². The Hall–Kier alpha value is -2.28. The van der Waals surface area contributed by atoms with Gasteiger partial charge in [-0.05, 0) is 77.9 Å². The predicted molar refractivity (Wildman–Crippen MR) is 126 cm³/mol. The number of thioether (sulfide) groups is 1. The van der Waals surface area contributed by atoms with Gasteiger partial charge in [-0.15, -0.1) is 0 Å². The van der Waals surface area contributed by atoms with E-state index in [1.165, 1.54) is 7.11 Å². The van der Waals surface area contributed by atoms with Gasteiger partial charge in [0, 0.05) is 13.1 Å². The third kappa shape index (κ3) is 5.74. The van der Waals surface area contributed by atoms with Gasteiger partial charge in [0.2, 0.25) is 5.91 Å². The number of benzene rings is 1. The molecule has 0 aliphatic carbocycles. The maximum absolute atomic E-state index is 12.8. The minimum atomic E-state index is -0.524. The molecular weight excluding hydrogens is 551 g/mol. The minimum absolute atomic E-state index is 0.216. The summed E-state index contributed by atoms with van der Waals surface area (Å²) in [7, 11) is 1.27. The lowest BCUT2D eigenvalue weighted by Gasteiger charge is -2.18. The van der Waals surface area contributed by atoms with Crippen LogP contribution in [0.2, 0.25) is 0 Å². The monoisotopic (exact) mass is 574 g/mol. The number of carbonyl (C=O) groups excluding carboxylic acids is 4. The fraction of sp³-hybridized carbons (Fsp3) is 0.429. The Bertz CT molecular complexity index is 960. The Balaban J connectivity index is 1.79. The molecule has 172 valence electrons. The summed E-state index contributed by atoms with van der Waals surface area (Å²) in [6.45, 7) is 2.98. The van der Waals surface area contributed by atoms with Gasteiger partial charge in [0.15, 0.2) is 18.1 Å². The number of imide groups is 1. The summed E-state index contributed by atoms with van der Waals surface area (Å²) in [5.41, 5.74) is 0.625. The molecule has 0 bridgehead atoms. The standard InChI is InChI=1S/C21H23IN2O7S/c1-3-30-15-9-13(8-14(22)19(15)31-12-18(26)29-2)10-16-20(27)24(21(28)32-16)11-17(25)23-6-4-5-7-23/h8-10H,3-7,11-12H2,1-2H3/b16-10-. The fourth-order valence-corrected chi connectivity index (χ4v) is 4.87. The second-order valence-electron chi connectivity index (χ2n) is 6.98. The van der Waals surface area contributed by atoms with Crippen LogP contribution < -0.4 is 9.47 Å². The Morgan fingerprint density at radius 2 is 1.91 bits per heavy atom. The van der Waals surface area contributed by atoms with Crippen molar-refractivity contribution in [3.8, 4) is 11.5 Å². The highest BCUT2D eigenvalue weighted by atomic mass is 127. The van der Waals surface area contributed by atoms with Crippen LogP contribution in [-0.4, -0.2) is 72.8 Å². The van der Waals surface area contributed by atoms with Crippen LogP contribution in [0.1, 0.15) is 25.3 Å². The van der Waals surface area contributed by atoms with Crippen molar-refractivity contribution in [1.82, 2.24) is 9.80 Å². The molecule has 0 atom stereocenters. The number of hydrogen-bond donors (Lipinski definition) is 0. The molecule has 1 aromatic carbocycles. The summed E-state index contributed by atoms with van der Waals surface area (Å²) in [6.07, 6.45) is 3.46. The lowest BCUT2D eigenvalue weighted by molar-refractivity contribution is -0.143. The van der Waals surface area contributed by atoms with Crippen LogP contribution in [0.25, 0.3) is 6.08 Å². The first-order valence-corrected chi connectivity index (χ1v) is 11.9. The van der Waals surface area contributed by atoms with Crippen LogP contribution in [0.3, 0.4) is 0 Å². The van der Waals surface area contributed by atoms with Crippen LogP contribution in [0.15, 0.2) is 17.0 Å². The van der Waals surface area contributed by atoms with Gasteiger partial charge >= 0.3 is 5.97 Å². The first kappa shape index (κ1) is 24.4. The molecule has 0 radical (unpaired) electrons. The smallest absolute Gasteiger partial charge is 0.343 e. The molecule has 0 N–H and O–H groups in total. The van der Waals surface area contributed by atoms with E-state index in [9.17, 15) is 19.2 Å². The second kappa shape index (κ2) is 11.0. The van der Waals surface area contributed by atoms with E-state index in [-0.39, 0.29) is 24.0 Å². The molecule has 2 aliphatic rings. The number of halogens is 1. The van der Waals surface area contributed by atoms with Gasteiger partial charge in [-0.3, -0.25) is 19.3 Å². The van der Waals surface area contributed by atoms with Crippen LogP contribution in [-0.2, 0) is 19.1 Å². The molecule has 0 aromatic heterocycles. The molecular formula is C21H23IN2O7S. The van der Waals surface area contributed by atoms with Crippen molar-refractivity contribution in [1.29, 1.82) is 0 Å². The van der Waals surface area contributed by atoms with E-state index >= 15 is 0 Å². The number of ether oxygens (including phenoxy) is 3. The highest BCUT2D eigenvalue weighted by molar-refractivity contribution is 14.1. The first-order chi connectivity index (χ1) is 15.3. The van der Waals surface area contributed by atoms with Crippen LogP contribution in [0.4, 0.5) is 4.79 Å². The Kier molecular flexibility index (Phi) is 8.40. The number of hydrogen-bond acceptors (Lipinski definition) is 8. The van der Waals surface area contributed by atoms with E-state index in [4.69, 9.17) is 9.47 Å². The van der Waals surface area contributed by atoms with Crippen molar-refractivity contribution >= 4 is 63.5 Å². The molecule has 3 amide bonds. The maximum Gasteiger partial charge on any atom is 0.343 e. The zero-order valence-corrected chi connectivity index (χ0v) is 20.7. The molecule has 2 heterocycles. The topological polar surface area (TPSA) is 102 Å². The van der Waals surface area contributed by atoms with Crippen molar-refractivity contribution < 1.29 is 33.4 Å². The molecule has 0 spiro atoms. The lowest BCUT2D eigenvalue weighted by atomic mass is 10.2. The van der Waals surface area contributed by atoms with E-state index in [2.05, 4.69) is 4.74 Å². The summed E-state index contributed by atoms with van der Waals surface area (Å²) in [5.74, 6) is -0.445. The summed E-state index contributed by atoms with van der Waals surface area (Å²) >= 11 is 2.84. The zero-order valence-electron chi connectivity index (χ0n) is 17.7.